The molecule has 4 heteroatoms. The van der Waals surface area contributed by atoms with Gasteiger partial charge in [-0.15, -0.1) is 0 Å². The lowest BCUT2D eigenvalue weighted by molar-refractivity contribution is -0.149. The summed E-state index contributed by atoms with van der Waals surface area (Å²) in [5.74, 6) is -0.0779. The first-order valence-corrected chi connectivity index (χ1v) is 7.22. The number of ether oxygens (including phenoxy) is 1. The van der Waals surface area contributed by atoms with Gasteiger partial charge >= 0.3 is 5.97 Å². The van der Waals surface area contributed by atoms with E-state index in [9.17, 15) is 4.79 Å². The topological polar surface area (TPSA) is 41.6 Å². The van der Waals surface area contributed by atoms with Gasteiger partial charge in [0.2, 0.25) is 0 Å². The van der Waals surface area contributed by atoms with E-state index >= 15 is 0 Å². The standard InChI is InChI=1S/C14H26N2O2/c1-12(2)18-13(17)9-16-8-4-6-14(11-16)5-3-7-15-10-14/h12,15H,3-11H2,1-2H3. The molecule has 0 radical (unpaired) electrons. The molecule has 0 aromatic carbocycles. The van der Waals surface area contributed by atoms with Gasteiger partial charge in [-0.05, 0) is 58.0 Å². The molecule has 0 bridgehead atoms. The summed E-state index contributed by atoms with van der Waals surface area (Å²) < 4.78 is 5.23. The van der Waals surface area contributed by atoms with Crippen LogP contribution >= 0.6 is 0 Å². The minimum atomic E-state index is -0.0779. The van der Waals surface area contributed by atoms with Crippen LogP contribution in [0.3, 0.4) is 0 Å². The van der Waals surface area contributed by atoms with Crippen molar-refractivity contribution in [3.8, 4) is 0 Å². The molecule has 4 nitrogen and oxygen atoms in total. The van der Waals surface area contributed by atoms with Gasteiger partial charge in [0, 0.05) is 13.1 Å². The van der Waals surface area contributed by atoms with Crippen LogP contribution < -0.4 is 5.32 Å². The van der Waals surface area contributed by atoms with Crippen molar-refractivity contribution in [3.05, 3.63) is 0 Å². The Morgan fingerprint density at radius 3 is 2.83 bits per heavy atom. The average molecular weight is 254 g/mol. The first-order chi connectivity index (χ1) is 8.60. The first kappa shape index (κ1) is 13.8. The van der Waals surface area contributed by atoms with Crippen molar-refractivity contribution >= 4 is 5.97 Å². The minimum Gasteiger partial charge on any atom is -0.462 e. The average Bonchev–Trinajstić information content (AvgIpc) is 2.28. The van der Waals surface area contributed by atoms with Crippen LogP contribution in [0.25, 0.3) is 0 Å². The fourth-order valence-corrected chi connectivity index (χ4v) is 3.31. The van der Waals surface area contributed by atoms with Crippen LogP contribution in [0.1, 0.15) is 39.5 Å². The van der Waals surface area contributed by atoms with Gasteiger partial charge in [-0.25, -0.2) is 0 Å². The molecule has 1 unspecified atom stereocenters. The van der Waals surface area contributed by atoms with Crippen LogP contribution in [-0.2, 0) is 9.53 Å². The third-order valence-electron chi connectivity index (χ3n) is 4.02. The molecule has 1 spiro atoms. The van der Waals surface area contributed by atoms with Gasteiger partial charge in [-0.3, -0.25) is 9.69 Å². The number of rotatable bonds is 3. The van der Waals surface area contributed by atoms with E-state index in [1.807, 2.05) is 13.8 Å². The molecule has 1 N–H and O–H groups in total. The Morgan fingerprint density at radius 1 is 1.39 bits per heavy atom. The Kier molecular flexibility index (Phi) is 4.62. The minimum absolute atomic E-state index is 0.00685. The predicted octanol–water partition coefficient (Wildman–Crippen LogP) is 1.40. The van der Waals surface area contributed by atoms with Crippen molar-refractivity contribution < 1.29 is 9.53 Å². The SMILES string of the molecule is CC(C)OC(=O)CN1CCCC2(CCCNC2)C1. The normalized spacial score (nSPS) is 29.7. The molecule has 0 aromatic heterocycles. The number of nitrogens with zero attached hydrogens (tertiary/aromatic N) is 1. The smallest absolute Gasteiger partial charge is 0.320 e. The number of hydrogen-bond donors (Lipinski definition) is 1. The maximum Gasteiger partial charge on any atom is 0.320 e. The Balaban J connectivity index is 1.84. The van der Waals surface area contributed by atoms with Crippen molar-refractivity contribution in [1.29, 1.82) is 0 Å². The van der Waals surface area contributed by atoms with Crippen molar-refractivity contribution in [2.75, 3.05) is 32.7 Å². The van der Waals surface area contributed by atoms with E-state index in [4.69, 9.17) is 4.74 Å². The highest BCUT2D eigenvalue weighted by Gasteiger charge is 2.36. The fourth-order valence-electron chi connectivity index (χ4n) is 3.31. The number of piperidine rings is 2. The Morgan fingerprint density at radius 2 is 2.17 bits per heavy atom. The summed E-state index contributed by atoms with van der Waals surface area (Å²) >= 11 is 0. The molecule has 0 saturated carbocycles. The molecule has 2 rings (SSSR count). The molecule has 18 heavy (non-hydrogen) atoms. The highest BCUT2D eigenvalue weighted by atomic mass is 16.5. The Hall–Kier alpha value is -0.610. The van der Waals surface area contributed by atoms with Crippen LogP contribution in [0.5, 0.6) is 0 Å². The van der Waals surface area contributed by atoms with Crippen LogP contribution in [-0.4, -0.2) is 49.7 Å². The van der Waals surface area contributed by atoms with Gasteiger partial charge in [0.25, 0.3) is 0 Å². The number of hydrogen-bond acceptors (Lipinski definition) is 4. The fraction of sp³-hybridized carbons (Fsp3) is 0.929. The molecule has 104 valence electrons. The summed E-state index contributed by atoms with van der Waals surface area (Å²) in [7, 11) is 0. The first-order valence-electron chi connectivity index (χ1n) is 7.22. The van der Waals surface area contributed by atoms with Gasteiger partial charge in [0.15, 0.2) is 0 Å². The summed E-state index contributed by atoms with van der Waals surface area (Å²) in [6, 6.07) is 0. The van der Waals surface area contributed by atoms with Gasteiger partial charge in [0.05, 0.1) is 12.6 Å². The highest BCUT2D eigenvalue weighted by Crippen LogP contribution is 2.35. The zero-order chi connectivity index (χ0) is 13.0. The number of carbonyl (C=O) groups is 1. The van der Waals surface area contributed by atoms with Crippen LogP contribution in [0, 0.1) is 5.41 Å². The molecule has 2 fully saturated rings. The van der Waals surface area contributed by atoms with E-state index in [2.05, 4.69) is 10.2 Å². The van der Waals surface area contributed by atoms with Gasteiger partial charge in [-0.1, -0.05) is 0 Å². The second kappa shape index (κ2) is 6.02. The van der Waals surface area contributed by atoms with Crippen molar-refractivity contribution in [2.45, 2.75) is 45.6 Å². The predicted molar refractivity (Wildman–Crippen MR) is 71.4 cm³/mol. The van der Waals surface area contributed by atoms with Gasteiger partial charge < -0.3 is 10.1 Å². The molecule has 0 aromatic rings. The molecule has 2 aliphatic rings. The third kappa shape index (κ3) is 3.69. The second-order valence-corrected chi connectivity index (χ2v) is 6.13. The van der Waals surface area contributed by atoms with E-state index in [-0.39, 0.29) is 12.1 Å². The third-order valence-corrected chi connectivity index (χ3v) is 4.02. The summed E-state index contributed by atoms with van der Waals surface area (Å²) in [6.07, 6.45) is 5.07. The zero-order valence-corrected chi connectivity index (χ0v) is 11.7. The summed E-state index contributed by atoms with van der Waals surface area (Å²) in [5.41, 5.74) is 0.411. The largest absolute Gasteiger partial charge is 0.462 e. The van der Waals surface area contributed by atoms with Gasteiger partial charge in [0.1, 0.15) is 0 Å². The lowest BCUT2D eigenvalue weighted by Crippen LogP contribution is -2.52. The Bertz CT molecular complexity index is 280. The molecule has 2 saturated heterocycles. The van der Waals surface area contributed by atoms with E-state index < -0.39 is 0 Å². The van der Waals surface area contributed by atoms with E-state index in [1.165, 1.54) is 25.7 Å². The van der Waals surface area contributed by atoms with E-state index in [0.29, 0.717) is 12.0 Å². The lowest BCUT2D eigenvalue weighted by atomic mass is 9.74. The van der Waals surface area contributed by atoms with Crippen molar-refractivity contribution in [2.24, 2.45) is 5.41 Å². The molecule has 2 aliphatic heterocycles. The number of likely N-dealkylation sites (tertiary alicyclic amines) is 1. The van der Waals surface area contributed by atoms with E-state index in [1.54, 1.807) is 0 Å². The molecule has 0 aliphatic carbocycles. The monoisotopic (exact) mass is 254 g/mol. The number of nitrogens with one attached hydrogen (secondary N) is 1. The second-order valence-electron chi connectivity index (χ2n) is 6.13. The maximum atomic E-state index is 11.7. The molecule has 2 heterocycles. The molecule has 0 amide bonds. The van der Waals surface area contributed by atoms with Gasteiger partial charge in [-0.2, -0.15) is 0 Å². The molecule has 1 atom stereocenters. The van der Waals surface area contributed by atoms with E-state index in [0.717, 1.165) is 26.2 Å². The number of esters is 1. The lowest BCUT2D eigenvalue weighted by Gasteiger charge is -2.45. The van der Waals surface area contributed by atoms with Crippen molar-refractivity contribution in [3.63, 3.8) is 0 Å². The summed E-state index contributed by atoms with van der Waals surface area (Å²) in [5, 5.41) is 3.51. The maximum absolute atomic E-state index is 11.7. The number of carbonyl (C=O) groups excluding carboxylic acids is 1. The molecular formula is C14H26N2O2. The zero-order valence-electron chi connectivity index (χ0n) is 11.7. The summed E-state index contributed by atoms with van der Waals surface area (Å²) in [4.78, 5) is 14.0. The van der Waals surface area contributed by atoms with Crippen molar-refractivity contribution in [1.82, 2.24) is 10.2 Å². The van der Waals surface area contributed by atoms with Crippen LogP contribution in [0.2, 0.25) is 0 Å². The van der Waals surface area contributed by atoms with Crippen LogP contribution in [0.4, 0.5) is 0 Å². The highest BCUT2D eigenvalue weighted by molar-refractivity contribution is 5.71. The summed E-state index contributed by atoms with van der Waals surface area (Å²) in [6.45, 7) is 8.61. The quantitative estimate of drug-likeness (QED) is 0.773. The van der Waals surface area contributed by atoms with Crippen LogP contribution in [0.15, 0.2) is 0 Å². The Labute approximate surface area is 110 Å². The molecular weight excluding hydrogens is 228 g/mol.